The molecule has 5 nitrogen and oxygen atoms in total. The number of carbonyl (C=O) groups excluding carboxylic acids is 2. The number of nitrogens with one attached hydrogen (secondary N) is 1. The van der Waals surface area contributed by atoms with Gasteiger partial charge in [-0.3, -0.25) is 4.79 Å². The van der Waals surface area contributed by atoms with Crippen molar-refractivity contribution in [3.8, 4) is 5.75 Å². The third kappa shape index (κ3) is 6.18. The van der Waals surface area contributed by atoms with Crippen molar-refractivity contribution in [2.75, 3.05) is 11.9 Å². The van der Waals surface area contributed by atoms with Crippen LogP contribution in [0.3, 0.4) is 0 Å². The van der Waals surface area contributed by atoms with E-state index < -0.39 is 36.3 Å². The second-order valence-corrected chi connectivity index (χ2v) is 5.82. The molecule has 9 heteroatoms. The number of rotatable bonds is 6. The lowest BCUT2D eigenvalue weighted by Crippen LogP contribution is -2.31. The molecule has 1 atom stereocenters. The molecule has 0 saturated heterocycles. The lowest BCUT2D eigenvalue weighted by molar-refractivity contribution is -0.155. The van der Waals surface area contributed by atoms with Crippen LogP contribution in [0.15, 0.2) is 48.5 Å². The Morgan fingerprint density at radius 2 is 1.81 bits per heavy atom. The zero-order chi connectivity index (χ0) is 20.0. The van der Waals surface area contributed by atoms with Crippen LogP contribution in [0, 0.1) is 0 Å². The molecule has 0 saturated carbocycles. The number of anilines is 1. The van der Waals surface area contributed by atoms with Crippen LogP contribution in [0.1, 0.15) is 12.5 Å². The van der Waals surface area contributed by atoms with E-state index in [1.165, 1.54) is 6.92 Å². The van der Waals surface area contributed by atoms with Gasteiger partial charge in [0.1, 0.15) is 5.75 Å². The number of hydrogen-bond acceptors (Lipinski definition) is 4. The van der Waals surface area contributed by atoms with Gasteiger partial charge in [0.25, 0.3) is 5.91 Å². The van der Waals surface area contributed by atoms with Gasteiger partial charge in [-0.2, -0.15) is 13.2 Å². The highest BCUT2D eigenvalue weighted by Crippen LogP contribution is 2.33. The maximum Gasteiger partial charge on any atom is 0.416 e. The van der Waals surface area contributed by atoms with Gasteiger partial charge in [0.05, 0.1) is 16.3 Å². The van der Waals surface area contributed by atoms with E-state index in [-0.39, 0.29) is 10.7 Å². The highest BCUT2D eigenvalue weighted by Gasteiger charge is 2.31. The maximum absolute atomic E-state index is 12.8. The first-order valence-corrected chi connectivity index (χ1v) is 8.09. The van der Waals surface area contributed by atoms with Crippen LogP contribution >= 0.6 is 11.6 Å². The second kappa shape index (κ2) is 8.77. The van der Waals surface area contributed by atoms with E-state index in [4.69, 9.17) is 21.1 Å². The van der Waals surface area contributed by atoms with Gasteiger partial charge in [-0.15, -0.1) is 0 Å². The van der Waals surface area contributed by atoms with Gasteiger partial charge in [-0.25, -0.2) is 4.79 Å². The second-order valence-electron chi connectivity index (χ2n) is 5.42. The lowest BCUT2D eigenvalue weighted by Gasteiger charge is -2.15. The summed E-state index contributed by atoms with van der Waals surface area (Å²) in [4.78, 5) is 23.8. The molecular weight excluding hydrogens is 387 g/mol. The molecule has 0 spiro atoms. The minimum absolute atomic E-state index is 0.0812. The lowest BCUT2D eigenvalue weighted by atomic mass is 10.2. The molecule has 2 aromatic carbocycles. The van der Waals surface area contributed by atoms with Crippen molar-refractivity contribution in [1.29, 1.82) is 0 Å². The van der Waals surface area contributed by atoms with Gasteiger partial charge in [0.2, 0.25) is 0 Å². The largest absolute Gasteiger partial charge is 0.482 e. The highest BCUT2D eigenvalue weighted by molar-refractivity contribution is 6.33. The molecule has 144 valence electrons. The molecule has 0 heterocycles. The average Bonchev–Trinajstić information content (AvgIpc) is 2.61. The van der Waals surface area contributed by atoms with E-state index in [1.54, 1.807) is 30.3 Å². The zero-order valence-electron chi connectivity index (χ0n) is 14.0. The number of ether oxygens (including phenoxy) is 2. The Kier molecular flexibility index (Phi) is 6.68. The quantitative estimate of drug-likeness (QED) is 0.733. The monoisotopic (exact) mass is 401 g/mol. The number of esters is 1. The molecular formula is C18H15ClF3NO4. The molecule has 2 aromatic rings. The fourth-order valence-electron chi connectivity index (χ4n) is 1.98. The zero-order valence-corrected chi connectivity index (χ0v) is 14.8. The van der Waals surface area contributed by atoms with E-state index in [0.29, 0.717) is 11.8 Å². The van der Waals surface area contributed by atoms with Crippen LogP contribution in [-0.2, 0) is 20.5 Å². The number of amides is 1. The number of hydrogen-bond donors (Lipinski definition) is 1. The van der Waals surface area contributed by atoms with Crippen LogP contribution in [0.4, 0.5) is 18.9 Å². The van der Waals surface area contributed by atoms with Crippen LogP contribution in [0.25, 0.3) is 0 Å². The first kappa shape index (κ1) is 20.6. The number of para-hydroxylation sites is 1. The van der Waals surface area contributed by atoms with Gasteiger partial charge in [-0.1, -0.05) is 29.8 Å². The van der Waals surface area contributed by atoms with Crippen molar-refractivity contribution in [3.05, 3.63) is 59.1 Å². The molecule has 0 radical (unpaired) electrons. The molecule has 0 aromatic heterocycles. The molecule has 0 aliphatic carbocycles. The molecule has 0 bridgehead atoms. The third-order valence-corrected chi connectivity index (χ3v) is 3.66. The summed E-state index contributed by atoms with van der Waals surface area (Å²) < 4.78 is 48.3. The highest BCUT2D eigenvalue weighted by atomic mass is 35.5. The normalized spacial score (nSPS) is 12.2. The van der Waals surface area contributed by atoms with Crippen LogP contribution in [0.2, 0.25) is 5.02 Å². The number of carbonyl (C=O) groups is 2. The van der Waals surface area contributed by atoms with Gasteiger partial charge < -0.3 is 14.8 Å². The van der Waals surface area contributed by atoms with Crippen molar-refractivity contribution in [1.82, 2.24) is 0 Å². The molecule has 1 N–H and O–H groups in total. The molecule has 0 unspecified atom stereocenters. The first-order valence-electron chi connectivity index (χ1n) is 7.72. The van der Waals surface area contributed by atoms with Gasteiger partial charge >= 0.3 is 12.1 Å². The van der Waals surface area contributed by atoms with Crippen molar-refractivity contribution in [3.63, 3.8) is 0 Å². The van der Waals surface area contributed by atoms with E-state index in [2.05, 4.69) is 5.32 Å². The van der Waals surface area contributed by atoms with Crippen LogP contribution in [0.5, 0.6) is 5.75 Å². The Morgan fingerprint density at radius 3 is 2.44 bits per heavy atom. The summed E-state index contributed by atoms with van der Waals surface area (Å²) in [6.07, 6.45) is -5.85. The molecule has 0 fully saturated rings. The standard InChI is InChI=1S/C18H15ClF3NO4/c1-11(27-16(24)10-26-13-5-3-2-4-6-13)17(25)23-15-9-12(18(20,21)22)7-8-14(15)19/h2-9,11H,10H2,1H3,(H,23,25)/t11-/m0/s1. The summed E-state index contributed by atoms with van der Waals surface area (Å²) in [6.45, 7) is 0.850. The predicted molar refractivity (Wildman–Crippen MR) is 92.6 cm³/mol. The number of halogens is 4. The van der Waals surface area contributed by atoms with Crippen molar-refractivity contribution < 1.29 is 32.2 Å². The summed E-state index contributed by atoms with van der Waals surface area (Å²) in [5.74, 6) is -1.19. The van der Waals surface area contributed by atoms with Crippen LogP contribution < -0.4 is 10.1 Å². The predicted octanol–water partition coefficient (Wildman–Crippen LogP) is 4.31. The molecule has 27 heavy (non-hydrogen) atoms. The Labute approximate surface area is 158 Å². The number of alkyl halides is 3. The van der Waals surface area contributed by atoms with E-state index in [9.17, 15) is 22.8 Å². The fourth-order valence-corrected chi connectivity index (χ4v) is 2.14. The van der Waals surface area contributed by atoms with E-state index in [1.807, 2.05) is 0 Å². The molecule has 0 aliphatic rings. The van der Waals surface area contributed by atoms with Crippen molar-refractivity contribution in [2.45, 2.75) is 19.2 Å². The third-order valence-electron chi connectivity index (χ3n) is 3.33. The number of benzene rings is 2. The van der Waals surface area contributed by atoms with Crippen molar-refractivity contribution >= 4 is 29.2 Å². The average molecular weight is 402 g/mol. The SMILES string of the molecule is C[C@H](OC(=O)COc1ccccc1)C(=O)Nc1cc(C(F)(F)F)ccc1Cl. The maximum atomic E-state index is 12.8. The van der Waals surface area contributed by atoms with Crippen LogP contribution in [-0.4, -0.2) is 24.6 Å². The van der Waals surface area contributed by atoms with Gasteiger partial charge in [0.15, 0.2) is 12.7 Å². The van der Waals surface area contributed by atoms with E-state index >= 15 is 0 Å². The minimum atomic E-state index is -4.59. The topological polar surface area (TPSA) is 64.6 Å². The summed E-state index contributed by atoms with van der Waals surface area (Å²) in [5, 5.41) is 2.13. The smallest absolute Gasteiger partial charge is 0.416 e. The van der Waals surface area contributed by atoms with Gasteiger partial charge in [-0.05, 0) is 37.3 Å². The summed E-state index contributed by atoms with van der Waals surface area (Å²) >= 11 is 5.81. The summed E-state index contributed by atoms with van der Waals surface area (Å²) in [7, 11) is 0. The van der Waals surface area contributed by atoms with Gasteiger partial charge in [0, 0.05) is 0 Å². The Hall–Kier alpha value is -2.74. The first-order chi connectivity index (χ1) is 12.7. The minimum Gasteiger partial charge on any atom is -0.482 e. The Morgan fingerprint density at radius 1 is 1.15 bits per heavy atom. The summed E-state index contributed by atoms with van der Waals surface area (Å²) in [6, 6.07) is 11.0. The molecule has 2 rings (SSSR count). The Balaban J connectivity index is 1.92. The summed E-state index contributed by atoms with van der Waals surface area (Å²) in [5.41, 5.74) is -1.21. The van der Waals surface area contributed by atoms with E-state index in [0.717, 1.165) is 12.1 Å². The molecule has 0 aliphatic heterocycles. The fraction of sp³-hybridized carbons (Fsp3) is 0.222. The Bertz CT molecular complexity index is 812. The molecule has 1 amide bonds. The van der Waals surface area contributed by atoms with Crippen molar-refractivity contribution in [2.24, 2.45) is 0 Å².